The zero-order valence-electron chi connectivity index (χ0n) is 12.6. The highest BCUT2D eigenvalue weighted by atomic mass is 16.5. The van der Waals surface area contributed by atoms with E-state index in [4.69, 9.17) is 4.74 Å². The number of methoxy groups -OCH3 is 1. The molecule has 0 amide bonds. The van der Waals surface area contributed by atoms with Crippen LogP contribution >= 0.6 is 0 Å². The fourth-order valence-electron chi connectivity index (χ4n) is 2.16. The molecule has 23 heavy (non-hydrogen) atoms. The highest BCUT2D eigenvalue weighted by molar-refractivity contribution is 6.27. The van der Waals surface area contributed by atoms with Crippen molar-refractivity contribution in [3.8, 4) is 5.75 Å². The van der Waals surface area contributed by atoms with Crippen LogP contribution in [-0.2, 0) is 0 Å². The van der Waals surface area contributed by atoms with Gasteiger partial charge in [0.25, 0.3) is 0 Å². The van der Waals surface area contributed by atoms with E-state index in [-0.39, 0.29) is 5.78 Å². The van der Waals surface area contributed by atoms with Crippen molar-refractivity contribution in [2.75, 3.05) is 7.11 Å². The summed E-state index contributed by atoms with van der Waals surface area (Å²) in [5, 5.41) is 4.08. The van der Waals surface area contributed by atoms with Gasteiger partial charge in [-0.15, -0.1) is 0 Å². The van der Waals surface area contributed by atoms with E-state index in [0.717, 1.165) is 11.3 Å². The Morgan fingerprint density at radius 2 is 1.83 bits per heavy atom. The van der Waals surface area contributed by atoms with Gasteiger partial charge in [0, 0.05) is 5.56 Å². The van der Waals surface area contributed by atoms with Crippen LogP contribution in [0.2, 0.25) is 0 Å². The zero-order chi connectivity index (χ0) is 16.1. The maximum absolute atomic E-state index is 12.8. The molecule has 2 aromatic carbocycles. The molecule has 1 heterocycles. The number of carbonyl (C=O) groups excluding carboxylic acids is 1. The normalized spacial score (nSPS) is 11.3. The third-order valence-corrected chi connectivity index (χ3v) is 3.35. The Morgan fingerprint density at radius 1 is 1.09 bits per heavy atom. The minimum atomic E-state index is -0.119. The molecule has 114 valence electrons. The molecule has 0 radical (unpaired) electrons. The summed E-state index contributed by atoms with van der Waals surface area (Å²) < 4.78 is 6.62. The molecule has 0 atom stereocenters. The first-order valence-electron chi connectivity index (χ1n) is 7.08. The topological polar surface area (TPSA) is 57.0 Å². The summed E-state index contributed by atoms with van der Waals surface area (Å²) in [4.78, 5) is 16.7. The van der Waals surface area contributed by atoms with Gasteiger partial charge in [-0.25, -0.2) is 9.67 Å². The van der Waals surface area contributed by atoms with E-state index < -0.39 is 0 Å². The van der Waals surface area contributed by atoms with E-state index in [9.17, 15) is 4.79 Å². The molecule has 0 aliphatic carbocycles. The lowest BCUT2D eigenvalue weighted by molar-refractivity contribution is 0.105. The molecule has 0 fully saturated rings. The number of allylic oxidation sites excluding steroid dienone is 1. The lowest BCUT2D eigenvalue weighted by Gasteiger charge is -2.07. The maximum atomic E-state index is 12.8. The third-order valence-electron chi connectivity index (χ3n) is 3.35. The summed E-state index contributed by atoms with van der Waals surface area (Å²) in [6.45, 7) is 0. The van der Waals surface area contributed by atoms with Gasteiger partial charge in [-0.1, -0.05) is 42.5 Å². The van der Waals surface area contributed by atoms with Crippen molar-refractivity contribution in [2.24, 2.45) is 0 Å². The fourth-order valence-corrected chi connectivity index (χ4v) is 2.16. The quantitative estimate of drug-likeness (QED) is 0.536. The number of ketones is 1. The van der Waals surface area contributed by atoms with Gasteiger partial charge in [0.15, 0.2) is 0 Å². The molecule has 0 aliphatic rings. The summed E-state index contributed by atoms with van der Waals surface area (Å²) in [6, 6.07) is 16.6. The van der Waals surface area contributed by atoms with Crippen LogP contribution in [0.15, 0.2) is 67.3 Å². The Bertz CT molecular complexity index is 807. The molecule has 0 N–H and O–H groups in total. The number of hydrogen-bond acceptors (Lipinski definition) is 4. The smallest absolute Gasteiger partial charge is 0.211 e. The van der Waals surface area contributed by atoms with E-state index in [2.05, 4.69) is 10.1 Å². The van der Waals surface area contributed by atoms with Crippen molar-refractivity contribution in [2.45, 2.75) is 0 Å². The van der Waals surface area contributed by atoms with Crippen molar-refractivity contribution in [1.82, 2.24) is 14.8 Å². The summed E-state index contributed by atoms with van der Waals surface area (Å²) in [7, 11) is 1.62. The highest BCUT2D eigenvalue weighted by Gasteiger charge is 2.15. The molecule has 0 saturated heterocycles. The average Bonchev–Trinajstić information content (AvgIpc) is 3.15. The highest BCUT2D eigenvalue weighted by Crippen LogP contribution is 2.18. The van der Waals surface area contributed by atoms with Crippen LogP contribution in [0.4, 0.5) is 0 Å². The van der Waals surface area contributed by atoms with E-state index >= 15 is 0 Å². The second-order valence-corrected chi connectivity index (χ2v) is 4.84. The molecule has 3 rings (SSSR count). The van der Waals surface area contributed by atoms with Crippen molar-refractivity contribution < 1.29 is 9.53 Å². The summed E-state index contributed by atoms with van der Waals surface area (Å²) in [5.74, 6) is 0.644. The molecule has 5 nitrogen and oxygen atoms in total. The van der Waals surface area contributed by atoms with Gasteiger partial charge in [-0.2, -0.15) is 5.10 Å². The standard InChI is InChI=1S/C18H15N3O2/c1-23-16-9-7-14(8-10-16)11-17(21-13-19-12-20-21)18(22)15-5-3-2-4-6-15/h2-13H,1H3. The largest absolute Gasteiger partial charge is 0.497 e. The number of ether oxygens (including phenoxy) is 1. The Balaban J connectivity index is 2.02. The molecule has 0 aliphatic heterocycles. The Hall–Kier alpha value is -3.21. The monoisotopic (exact) mass is 305 g/mol. The van der Waals surface area contributed by atoms with Crippen molar-refractivity contribution in [1.29, 1.82) is 0 Å². The molecule has 0 saturated carbocycles. The molecule has 0 spiro atoms. The minimum Gasteiger partial charge on any atom is -0.497 e. The van der Waals surface area contributed by atoms with Gasteiger partial charge < -0.3 is 4.74 Å². The molecular formula is C18H15N3O2. The third kappa shape index (κ3) is 3.35. The van der Waals surface area contributed by atoms with Gasteiger partial charge in [-0.3, -0.25) is 4.79 Å². The van der Waals surface area contributed by atoms with Gasteiger partial charge in [0.2, 0.25) is 5.78 Å². The van der Waals surface area contributed by atoms with Crippen LogP contribution in [-0.4, -0.2) is 27.7 Å². The summed E-state index contributed by atoms with van der Waals surface area (Å²) >= 11 is 0. The average molecular weight is 305 g/mol. The van der Waals surface area contributed by atoms with E-state index in [0.29, 0.717) is 11.3 Å². The van der Waals surface area contributed by atoms with Crippen LogP contribution in [0.25, 0.3) is 11.8 Å². The number of carbonyl (C=O) groups is 1. The molecular weight excluding hydrogens is 290 g/mol. The van der Waals surface area contributed by atoms with E-state index in [1.165, 1.54) is 17.3 Å². The molecule has 3 aromatic rings. The van der Waals surface area contributed by atoms with Gasteiger partial charge in [0.05, 0.1) is 7.11 Å². The van der Waals surface area contributed by atoms with Gasteiger partial charge >= 0.3 is 0 Å². The molecule has 0 unspecified atom stereocenters. The number of aromatic nitrogens is 3. The number of rotatable bonds is 5. The van der Waals surface area contributed by atoms with Crippen LogP contribution in [0.5, 0.6) is 5.75 Å². The second-order valence-electron chi connectivity index (χ2n) is 4.84. The van der Waals surface area contributed by atoms with Crippen LogP contribution in [0, 0.1) is 0 Å². The number of Topliss-reactive ketones (excluding diaryl/α,β-unsaturated/α-hetero) is 1. The van der Waals surface area contributed by atoms with E-state index in [1.807, 2.05) is 42.5 Å². The second kappa shape index (κ2) is 6.70. The molecule has 0 bridgehead atoms. The van der Waals surface area contributed by atoms with Crippen LogP contribution < -0.4 is 4.74 Å². The number of nitrogens with zero attached hydrogens (tertiary/aromatic N) is 3. The van der Waals surface area contributed by atoms with Crippen molar-refractivity contribution in [3.05, 3.63) is 78.4 Å². The van der Waals surface area contributed by atoms with Crippen LogP contribution in [0.3, 0.4) is 0 Å². The summed E-state index contributed by atoms with van der Waals surface area (Å²) in [5.41, 5.74) is 1.90. The Kier molecular flexibility index (Phi) is 4.29. The predicted octanol–water partition coefficient (Wildman–Crippen LogP) is 3.17. The number of benzene rings is 2. The molecule has 5 heteroatoms. The SMILES string of the molecule is COc1ccc(C=C(C(=O)c2ccccc2)n2cncn2)cc1. The van der Waals surface area contributed by atoms with Crippen molar-refractivity contribution >= 4 is 17.6 Å². The fraction of sp³-hybridized carbons (Fsp3) is 0.0556. The Labute approximate surface area is 133 Å². The van der Waals surface area contributed by atoms with Gasteiger partial charge in [0.1, 0.15) is 24.1 Å². The summed E-state index contributed by atoms with van der Waals surface area (Å²) in [6.07, 6.45) is 4.69. The maximum Gasteiger partial charge on any atom is 0.211 e. The lowest BCUT2D eigenvalue weighted by atomic mass is 10.1. The Morgan fingerprint density at radius 3 is 2.43 bits per heavy atom. The first-order valence-corrected chi connectivity index (χ1v) is 7.08. The first kappa shape index (κ1) is 14.7. The van der Waals surface area contributed by atoms with Crippen molar-refractivity contribution in [3.63, 3.8) is 0 Å². The first-order chi connectivity index (χ1) is 11.3. The lowest BCUT2D eigenvalue weighted by Crippen LogP contribution is -2.10. The van der Waals surface area contributed by atoms with E-state index in [1.54, 1.807) is 25.3 Å². The minimum absolute atomic E-state index is 0.119. The van der Waals surface area contributed by atoms with Crippen LogP contribution in [0.1, 0.15) is 15.9 Å². The molecule has 1 aromatic heterocycles. The zero-order valence-corrected chi connectivity index (χ0v) is 12.6. The number of hydrogen-bond donors (Lipinski definition) is 0. The predicted molar refractivity (Wildman–Crippen MR) is 88.0 cm³/mol. The van der Waals surface area contributed by atoms with Gasteiger partial charge in [-0.05, 0) is 23.8 Å².